The summed E-state index contributed by atoms with van der Waals surface area (Å²) in [6, 6.07) is 13.8. The lowest BCUT2D eigenvalue weighted by molar-refractivity contribution is -0.140. The van der Waals surface area contributed by atoms with Crippen LogP contribution in [-0.4, -0.2) is 17.5 Å². The van der Waals surface area contributed by atoms with Gasteiger partial charge in [0.1, 0.15) is 5.71 Å². The molecule has 0 saturated carbocycles. The predicted molar refractivity (Wildman–Crippen MR) is 110 cm³/mol. The van der Waals surface area contributed by atoms with Crippen molar-refractivity contribution >= 4 is 17.5 Å². The molecule has 0 saturated heterocycles. The number of Topliss-reactive ketones (excluding diaryl/α,β-unsaturated/α-hetero) is 1. The van der Waals surface area contributed by atoms with Crippen LogP contribution < -0.4 is 0 Å². The third-order valence-electron chi connectivity index (χ3n) is 5.07. The van der Waals surface area contributed by atoms with E-state index in [1.807, 2.05) is 30.3 Å². The van der Waals surface area contributed by atoms with Crippen molar-refractivity contribution < 1.29 is 14.4 Å². The number of hydrogen-bond acceptors (Lipinski definition) is 4. The Morgan fingerprint density at radius 3 is 2.57 bits per heavy atom. The molecule has 0 aromatic heterocycles. The number of oxime groups is 1. The highest BCUT2D eigenvalue weighted by Gasteiger charge is 2.42. The van der Waals surface area contributed by atoms with Crippen molar-refractivity contribution in [3.8, 4) is 23.5 Å². The van der Waals surface area contributed by atoms with Crippen LogP contribution in [0.1, 0.15) is 48.2 Å². The normalized spacial score (nSPS) is 17.2. The van der Waals surface area contributed by atoms with Crippen molar-refractivity contribution in [2.24, 2.45) is 5.16 Å². The van der Waals surface area contributed by atoms with Crippen LogP contribution in [0, 0.1) is 12.3 Å². The lowest BCUT2D eigenvalue weighted by Gasteiger charge is -2.29. The SMILES string of the molecule is C#CCC1(CC=C)c2ccccc2-c2ccc(C(=O)/C(C)=N/OC(C)=O)cc21. The van der Waals surface area contributed by atoms with Crippen LogP contribution in [0.15, 0.2) is 60.3 Å². The van der Waals surface area contributed by atoms with Gasteiger partial charge in [0.2, 0.25) is 5.78 Å². The monoisotopic (exact) mass is 371 g/mol. The Kier molecular flexibility index (Phi) is 5.28. The number of benzene rings is 2. The van der Waals surface area contributed by atoms with Gasteiger partial charge in [0.25, 0.3) is 0 Å². The van der Waals surface area contributed by atoms with Gasteiger partial charge >= 0.3 is 5.97 Å². The van der Waals surface area contributed by atoms with Crippen LogP contribution in [0.5, 0.6) is 0 Å². The van der Waals surface area contributed by atoms with Gasteiger partial charge in [-0.3, -0.25) is 4.79 Å². The summed E-state index contributed by atoms with van der Waals surface area (Å²) in [6.45, 7) is 6.67. The summed E-state index contributed by atoms with van der Waals surface area (Å²) < 4.78 is 0. The van der Waals surface area contributed by atoms with Crippen molar-refractivity contribution in [2.45, 2.75) is 32.1 Å². The summed E-state index contributed by atoms with van der Waals surface area (Å²) in [7, 11) is 0. The molecule has 28 heavy (non-hydrogen) atoms. The number of fused-ring (bicyclic) bond motifs is 3. The smallest absolute Gasteiger partial charge is 0.318 e. The van der Waals surface area contributed by atoms with Crippen molar-refractivity contribution in [1.29, 1.82) is 0 Å². The zero-order valence-electron chi connectivity index (χ0n) is 16.0. The van der Waals surface area contributed by atoms with Crippen LogP contribution in [0.25, 0.3) is 11.1 Å². The van der Waals surface area contributed by atoms with E-state index in [0.717, 1.165) is 22.3 Å². The number of nitrogens with zero attached hydrogens (tertiary/aromatic N) is 1. The van der Waals surface area contributed by atoms with Gasteiger partial charge in [0.05, 0.1) is 0 Å². The van der Waals surface area contributed by atoms with Gasteiger partial charge in [-0.05, 0) is 41.7 Å². The lowest BCUT2D eigenvalue weighted by atomic mass is 9.72. The molecule has 0 bridgehead atoms. The Labute approximate surface area is 164 Å². The third-order valence-corrected chi connectivity index (χ3v) is 5.07. The van der Waals surface area contributed by atoms with Crippen molar-refractivity contribution in [1.82, 2.24) is 0 Å². The Morgan fingerprint density at radius 1 is 1.18 bits per heavy atom. The number of terminal acetylenes is 1. The first-order valence-corrected chi connectivity index (χ1v) is 9.00. The standard InChI is InChI=1S/C24H21NO3/c1-5-13-24(14-6-2)21-10-8-7-9-19(21)20-12-11-18(15-22(20)24)23(27)16(3)25-28-17(4)26/h1,6-12,15H,2,13-14H2,3-4H3/b25-16+. The highest BCUT2D eigenvalue weighted by Crippen LogP contribution is 2.52. The van der Waals surface area contributed by atoms with Gasteiger partial charge in [0, 0.05) is 24.3 Å². The molecule has 0 N–H and O–H groups in total. The van der Waals surface area contributed by atoms with Gasteiger partial charge in [-0.2, -0.15) is 0 Å². The molecule has 0 fully saturated rings. The quantitative estimate of drug-likeness (QED) is 0.185. The first-order chi connectivity index (χ1) is 13.4. The molecule has 140 valence electrons. The molecule has 0 radical (unpaired) electrons. The molecule has 2 aromatic rings. The number of allylic oxidation sites excluding steroid dienone is 1. The predicted octanol–water partition coefficient (Wildman–Crippen LogP) is 4.67. The van der Waals surface area contributed by atoms with E-state index in [0.29, 0.717) is 18.4 Å². The minimum Gasteiger partial charge on any atom is -0.318 e. The topological polar surface area (TPSA) is 55.7 Å². The van der Waals surface area contributed by atoms with Crippen LogP contribution in [0.4, 0.5) is 0 Å². The van der Waals surface area contributed by atoms with Gasteiger partial charge in [0.15, 0.2) is 0 Å². The number of hydrogen-bond donors (Lipinski definition) is 0. The zero-order valence-corrected chi connectivity index (χ0v) is 16.0. The van der Waals surface area contributed by atoms with Crippen LogP contribution in [-0.2, 0) is 15.0 Å². The van der Waals surface area contributed by atoms with Gasteiger partial charge in [-0.15, -0.1) is 18.9 Å². The third kappa shape index (κ3) is 3.16. The fraction of sp³-hybridized carbons (Fsp3) is 0.208. The maximum atomic E-state index is 12.8. The van der Waals surface area contributed by atoms with Gasteiger partial charge < -0.3 is 4.84 Å². The molecule has 3 rings (SSSR count). The van der Waals surface area contributed by atoms with Crippen molar-refractivity contribution in [3.63, 3.8) is 0 Å². The summed E-state index contributed by atoms with van der Waals surface area (Å²) in [5, 5.41) is 3.61. The second kappa shape index (κ2) is 7.66. The summed E-state index contributed by atoms with van der Waals surface area (Å²) in [6.07, 6.45) is 8.77. The highest BCUT2D eigenvalue weighted by molar-refractivity contribution is 6.45. The van der Waals surface area contributed by atoms with Crippen molar-refractivity contribution in [3.05, 3.63) is 71.8 Å². The zero-order chi connectivity index (χ0) is 20.3. The first-order valence-electron chi connectivity index (χ1n) is 9.00. The van der Waals surface area contributed by atoms with E-state index in [1.54, 1.807) is 6.07 Å². The fourth-order valence-corrected chi connectivity index (χ4v) is 3.88. The van der Waals surface area contributed by atoms with E-state index in [1.165, 1.54) is 13.8 Å². The van der Waals surface area contributed by atoms with E-state index in [2.05, 4.69) is 34.6 Å². The molecule has 0 heterocycles. The average Bonchev–Trinajstić information content (AvgIpc) is 2.96. The van der Waals surface area contributed by atoms with E-state index in [4.69, 9.17) is 6.42 Å². The fourth-order valence-electron chi connectivity index (χ4n) is 3.88. The molecule has 0 amide bonds. The molecule has 1 unspecified atom stereocenters. The largest absolute Gasteiger partial charge is 0.331 e. The second-order valence-corrected chi connectivity index (χ2v) is 6.85. The highest BCUT2D eigenvalue weighted by atomic mass is 16.7. The van der Waals surface area contributed by atoms with Crippen LogP contribution in [0.2, 0.25) is 0 Å². The lowest BCUT2D eigenvalue weighted by Crippen LogP contribution is -2.24. The van der Waals surface area contributed by atoms with E-state index < -0.39 is 11.4 Å². The molecule has 4 heteroatoms. The molecule has 4 nitrogen and oxygen atoms in total. The van der Waals surface area contributed by atoms with Crippen LogP contribution >= 0.6 is 0 Å². The molecule has 0 aliphatic heterocycles. The Morgan fingerprint density at radius 2 is 1.89 bits per heavy atom. The molecule has 1 aliphatic carbocycles. The van der Waals surface area contributed by atoms with Crippen LogP contribution in [0.3, 0.4) is 0 Å². The van der Waals surface area contributed by atoms with Crippen molar-refractivity contribution in [2.75, 3.05) is 0 Å². The molecule has 2 aromatic carbocycles. The summed E-state index contributed by atoms with van der Waals surface area (Å²) >= 11 is 0. The molecular weight excluding hydrogens is 350 g/mol. The molecule has 1 aliphatic rings. The molecule has 1 atom stereocenters. The summed E-state index contributed by atoms with van der Waals surface area (Å²) in [4.78, 5) is 28.3. The number of carbonyl (C=O) groups excluding carboxylic acids is 2. The number of rotatable bonds is 6. The maximum Gasteiger partial charge on any atom is 0.331 e. The number of ketones is 1. The van der Waals surface area contributed by atoms with E-state index in [9.17, 15) is 9.59 Å². The van der Waals surface area contributed by atoms with Gasteiger partial charge in [-0.1, -0.05) is 47.6 Å². The summed E-state index contributed by atoms with van der Waals surface area (Å²) in [5.41, 5.74) is 4.52. The maximum absolute atomic E-state index is 12.8. The number of carbonyl (C=O) groups is 2. The Balaban J connectivity index is 2.15. The minimum atomic E-state index is -0.574. The van der Waals surface area contributed by atoms with Gasteiger partial charge in [-0.25, -0.2) is 4.79 Å². The molecule has 0 spiro atoms. The molecular formula is C24H21NO3. The summed E-state index contributed by atoms with van der Waals surface area (Å²) in [5.74, 6) is 1.94. The second-order valence-electron chi connectivity index (χ2n) is 6.85. The first kappa shape index (κ1) is 19.3. The Hall–Kier alpha value is -3.45. The minimum absolute atomic E-state index is 0.108. The van der Waals surface area contributed by atoms with E-state index >= 15 is 0 Å². The average molecular weight is 371 g/mol. The Bertz CT molecular complexity index is 1040. The van der Waals surface area contributed by atoms with E-state index in [-0.39, 0.29) is 11.5 Å².